The Morgan fingerprint density at radius 2 is 1.62 bits per heavy atom. The van der Waals surface area contributed by atoms with Crippen LogP contribution in [0.2, 0.25) is 0 Å². The molecule has 32 heavy (non-hydrogen) atoms. The van der Waals surface area contributed by atoms with Gasteiger partial charge in [-0.1, -0.05) is 32.0 Å². The predicted molar refractivity (Wildman–Crippen MR) is 120 cm³/mol. The lowest BCUT2D eigenvalue weighted by atomic mass is 10.0. The number of carbonyl (C=O) groups is 3. The van der Waals surface area contributed by atoms with Gasteiger partial charge in [-0.05, 0) is 35.7 Å². The van der Waals surface area contributed by atoms with Gasteiger partial charge in [0.15, 0.2) is 0 Å². The van der Waals surface area contributed by atoms with Crippen molar-refractivity contribution in [2.24, 2.45) is 0 Å². The van der Waals surface area contributed by atoms with Crippen molar-refractivity contribution in [1.82, 2.24) is 0 Å². The van der Waals surface area contributed by atoms with E-state index in [1.54, 1.807) is 24.3 Å². The van der Waals surface area contributed by atoms with Crippen LogP contribution in [-0.4, -0.2) is 53.3 Å². The molecule has 0 aromatic heterocycles. The largest absolute Gasteiger partial charge is 0.465 e. The van der Waals surface area contributed by atoms with Crippen LogP contribution in [0.5, 0.6) is 0 Å². The molecule has 2 rings (SSSR count). The smallest absolute Gasteiger partial charge is 0.339 e. The molecule has 10 heteroatoms. The molecule has 9 nitrogen and oxygen atoms in total. The van der Waals surface area contributed by atoms with Crippen molar-refractivity contribution >= 4 is 39.2 Å². The van der Waals surface area contributed by atoms with E-state index < -0.39 is 34.4 Å². The minimum absolute atomic E-state index is 0.00184. The molecule has 1 amide bonds. The lowest BCUT2D eigenvalue weighted by Gasteiger charge is -2.25. The van der Waals surface area contributed by atoms with Crippen LogP contribution in [0.1, 0.15) is 46.0 Å². The van der Waals surface area contributed by atoms with Gasteiger partial charge in [-0.2, -0.15) is 0 Å². The molecule has 0 unspecified atom stereocenters. The van der Waals surface area contributed by atoms with Crippen molar-refractivity contribution in [3.63, 3.8) is 0 Å². The van der Waals surface area contributed by atoms with Gasteiger partial charge in [0.05, 0.1) is 43.0 Å². The third-order valence-electron chi connectivity index (χ3n) is 4.64. The van der Waals surface area contributed by atoms with Crippen molar-refractivity contribution in [2.45, 2.75) is 19.8 Å². The van der Waals surface area contributed by atoms with Gasteiger partial charge < -0.3 is 14.8 Å². The van der Waals surface area contributed by atoms with Crippen molar-refractivity contribution in [3.8, 4) is 0 Å². The Bertz CT molecular complexity index is 1130. The van der Waals surface area contributed by atoms with Crippen LogP contribution < -0.4 is 9.62 Å². The number of nitrogens with one attached hydrogen (secondary N) is 1. The number of ether oxygens (including phenoxy) is 2. The lowest BCUT2D eigenvalue weighted by molar-refractivity contribution is -0.114. The number of amides is 1. The fraction of sp³-hybridized carbons (Fsp3) is 0.318. The van der Waals surface area contributed by atoms with Crippen LogP contribution >= 0.6 is 0 Å². The minimum atomic E-state index is -3.81. The Balaban J connectivity index is 2.43. The number of para-hydroxylation sites is 1. The average Bonchev–Trinajstić information content (AvgIpc) is 2.75. The number of sulfonamides is 1. The minimum Gasteiger partial charge on any atom is -0.465 e. The molecule has 0 radical (unpaired) electrons. The van der Waals surface area contributed by atoms with Crippen LogP contribution in [0.4, 0.5) is 11.4 Å². The summed E-state index contributed by atoms with van der Waals surface area (Å²) in [4.78, 5) is 36.8. The first kappa shape index (κ1) is 24.9. The zero-order valence-corrected chi connectivity index (χ0v) is 19.4. The molecule has 0 spiro atoms. The first-order valence-electron chi connectivity index (χ1n) is 9.66. The third-order valence-corrected chi connectivity index (χ3v) is 5.76. The van der Waals surface area contributed by atoms with Crippen LogP contribution in [-0.2, 0) is 24.3 Å². The standard InChI is InChI=1S/C22H26N2O7S/c1-14(2)16-8-6-7-9-19(16)24(32(5,28)29)13-20(25)23-18-12-15(21(26)30-3)10-11-17(18)22(27)31-4/h6-12,14H,13H2,1-5H3,(H,23,25). The molecule has 2 aromatic rings. The van der Waals surface area contributed by atoms with Gasteiger partial charge in [-0.25, -0.2) is 18.0 Å². The Labute approximate surface area is 187 Å². The summed E-state index contributed by atoms with van der Waals surface area (Å²) < 4.78 is 35.4. The van der Waals surface area contributed by atoms with Crippen molar-refractivity contribution in [1.29, 1.82) is 0 Å². The van der Waals surface area contributed by atoms with Gasteiger partial charge in [0.1, 0.15) is 6.54 Å². The van der Waals surface area contributed by atoms with Gasteiger partial charge in [-0.3, -0.25) is 9.10 Å². The van der Waals surface area contributed by atoms with E-state index >= 15 is 0 Å². The normalized spacial score (nSPS) is 11.1. The first-order chi connectivity index (χ1) is 15.0. The van der Waals surface area contributed by atoms with E-state index in [1.807, 2.05) is 13.8 Å². The molecule has 0 aliphatic heterocycles. The predicted octanol–water partition coefficient (Wildman–Crippen LogP) is 2.79. The van der Waals surface area contributed by atoms with E-state index in [1.165, 1.54) is 32.4 Å². The van der Waals surface area contributed by atoms with Crippen molar-refractivity contribution < 1.29 is 32.3 Å². The number of anilines is 2. The SMILES string of the molecule is COC(=O)c1ccc(C(=O)OC)c(NC(=O)CN(c2ccccc2C(C)C)S(C)(=O)=O)c1. The highest BCUT2D eigenvalue weighted by Gasteiger charge is 2.25. The van der Waals surface area contributed by atoms with Crippen molar-refractivity contribution in [3.05, 3.63) is 59.2 Å². The summed E-state index contributed by atoms with van der Waals surface area (Å²) >= 11 is 0. The van der Waals surface area contributed by atoms with Gasteiger partial charge in [-0.15, -0.1) is 0 Å². The molecule has 172 valence electrons. The van der Waals surface area contributed by atoms with Crippen molar-refractivity contribution in [2.75, 3.05) is 36.6 Å². The number of nitrogens with zero attached hydrogens (tertiary/aromatic N) is 1. The van der Waals surface area contributed by atoms with Gasteiger partial charge in [0.2, 0.25) is 15.9 Å². The van der Waals surface area contributed by atoms with E-state index in [4.69, 9.17) is 4.74 Å². The van der Waals surface area contributed by atoms with Gasteiger partial charge >= 0.3 is 11.9 Å². The topological polar surface area (TPSA) is 119 Å². The van der Waals surface area contributed by atoms with Gasteiger partial charge in [0.25, 0.3) is 0 Å². The summed E-state index contributed by atoms with van der Waals surface area (Å²) in [6, 6.07) is 10.8. The second-order valence-electron chi connectivity index (χ2n) is 7.27. The van der Waals surface area contributed by atoms with Crippen LogP contribution in [0.15, 0.2) is 42.5 Å². The number of hydrogen-bond donors (Lipinski definition) is 1. The Kier molecular flexibility index (Phi) is 7.98. The quantitative estimate of drug-likeness (QED) is 0.599. The fourth-order valence-electron chi connectivity index (χ4n) is 3.08. The van der Waals surface area contributed by atoms with E-state index in [2.05, 4.69) is 10.1 Å². The maximum atomic E-state index is 12.9. The maximum Gasteiger partial charge on any atom is 0.339 e. The highest BCUT2D eigenvalue weighted by Crippen LogP contribution is 2.29. The first-order valence-corrected chi connectivity index (χ1v) is 11.5. The molecular weight excluding hydrogens is 436 g/mol. The number of hydrogen-bond acceptors (Lipinski definition) is 7. The summed E-state index contributed by atoms with van der Waals surface area (Å²) in [5.41, 5.74) is 1.24. The van der Waals surface area contributed by atoms with E-state index in [9.17, 15) is 22.8 Å². The average molecular weight is 463 g/mol. The monoisotopic (exact) mass is 462 g/mol. The summed E-state index contributed by atoms with van der Waals surface area (Å²) in [5.74, 6) is -2.09. The number of carbonyl (C=O) groups excluding carboxylic acids is 3. The molecule has 0 heterocycles. The second kappa shape index (κ2) is 10.3. The number of benzene rings is 2. The number of methoxy groups -OCH3 is 2. The van der Waals surface area contributed by atoms with E-state index in [0.29, 0.717) is 5.69 Å². The molecule has 0 aliphatic rings. The number of rotatable bonds is 8. The molecule has 0 atom stereocenters. The fourth-order valence-corrected chi connectivity index (χ4v) is 3.96. The molecule has 0 saturated carbocycles. The van der Waals surface area contributed by atoms with E-state index in [-0.39, 0.29) is 22.7 Å². The maximum absolute atomic E-state index is 12.9. The molecule has 2 aromatic carbocycles. The molecule has 1 N–H and O–H groups in total. The molecular formula is C22H26N2O7S. The lowest BCUT2D eigenvalue weighted by Crippen LogP contribution is -2.38. The molecule has 0 aliphatic carbocycles. The molecule has 0 fully saturated rings. The molecule has 0 bridgehead atoms. The number of esters is 2. The molecule has 0 saturated heterocycles. The summed E-state index contributed by atoms with van der Waals surface area (Å²) in [5, 5.41) is 2.51. The zero-order chi connectivity index (χ0) is 24.1. The summed E-state index contributed by atoms with van der Waals surface area (Å²) in [6.07, 6.45) is 1.01. The van der Waals surface area contributed by atoms with Crippen LogP contribution in [0.3, 0.4) is 0 Å². The third kappa shape index (κ3) is 5.85. The highest BCUT2D eigenvalue weighted by molar-refractivity contribution is 7.92. The summed E-state index contributed by atoms with van der Waals surface area (Å²) in [6.45, 7) is 3.30. The Morgan fingerprint density at radius 1 is 1.00 bits per heavy atom. The van der Waals surface area contributed by atoms with E-state index in [0.717, 1.165) is 16.1 Å². The second-order valence-corrected chi connectivity index (χ2v) is 9.18. The Hall–Kier alpha value is -3.40. The highest BCUT2D eigenvalue weighted by atomic mass is 32.2. The Morgan fingerprint density at radius 3 is 2.19 bits per heavy atom. The van der Waals surface area contributed by atoms with Gasteiger partial charge in [0, 0.05) is 0 Å². The zero-order valence-electron chi connectivity index (χ0n) is 18.5. The van der Waals surface area contributed by atoms with Crippen LogP contribution in [0, 0.1) is 0 Å². The van der Waals surface area contributed by atoms with Crippen LogP contribution in [0.25, 0.3) is 0 Å². The summed E-state index contributed by atoms with van der Waals surface area (Å²) in [7, 11) is -1.43.